The first-order valence-electron chi connectivity index (χ1n) is 13.0. The molecular formula is C29H31N4O4+. The molecule has 4 heterocycles. The van der Waals surface area contributed by atoms with Crippen LogP contribution in [0.25, 0.3) is 5.69 Å². The number of fused-ring (bicyclic) bond motifs is 1. The number of amides is 3. The van der Waals surface area contributed by atoms with Crippen LogP contribution in [0.2, 0.25) is 0 Å². The summed E-state index contributed by atoms with van der Waals surface area (Å²) in [5.41, 5.74) is 5.19. The summed E-state index contributed by atoms with van der Waals surface area (Å²) < 4.78 is 7.89. The Morgan fingerprint density at radius 1 is 1.03 bits per heavy atom. The Bertz CT molecular complexity index is 1360. The normalized spacial score (nSPS) is 20.8. The van der Waals surface area contributed by atoms with E-state index in [1.165, 1.54) is 11.3 Å². The highest BCUT2D eigenvalue weighted by molar-refractivity contribution is 6.05. The van der Waals surface area contributed by atoms with E-state index in [1.54, 1.807) is 11.3 Å². The Morgan fingerprint density at radius 2 is 1.81 bits per heavy atom. The van der Waals surface area contributed by atoms with Crippen LogP contribution in [-0.2, 0) is 22.7 Å². The van der Waals surface area contributed by atoms with Crippen molar-refractivity contribution in [2.24, 2.45) is 0 Å². The van der Waals surface area contributed by atoms with Crippen LogP contribution >= 0.6 is 0 Å². The second kappa shape index (κ2) is 9.59. The third kappa shape index (κ3) is 4.46. The maximum Gasteiger partial charge on any atom is 0.340 e. The molecule has 6 rings (SSSR count). The molecule has 2 fully saturated rings. The second-order valence-corrected chi connectivity index (χ2v) is 10.3. The van der Waals surface area contributed by atoms with Gasteiger partial charge in [0.05, 0.1) is 6.54 Å². The largest absolute Gasteiger partial charge is 0.408 e. The van der Waals surface area contributed by atoms with Crippen molar-refractivity contribution >= 4 is 17.7 Å². The van der Waals surface area contributed by atoms with Crippen LogP contribution in [0.5, 0.6) is 0 Å². The topological polar surface area (TPSA) is 86.7 Å². The molecule has 3 amide bonds. The smallest absolute Gasteiger partial charge is 0.340 e. The van der Waals surface area contributed by atoms with Gasteiger partial charge in [0.15, 0.2) is 5.76 Å². The number of aryl methyl sites for hydroxylation is 1. The number of hydrogen-bond acceptors (Lipinski definition) is 5. The second-order valence-electron chi connectivity index (χ2n) is 10.3. The van der Waals surface area contributed by atoms with Gasteiger partial charge in [0.1, 0.15) is 6.04 Å². The lowest BCUT2D eigenvalue weighted by atomic mass is 9.88. The highest BCUT2D eigenvalue weighted by Gasteiger charge is 2.39. The molecule has 0 spiro atoms. The average molecular weight is 500 g/mol. The molecule has 8 nitrogen and oxygen atoms in total. The van der Waals surface area contributed by atoms with Gasteiger partial charge in [0.25, 0.3) is 5.91 Å². The number of para-hydroxylation sites is 1. The van der Waals surface area contributed by atoms with Crippen LogP contribution < -0.4 is 9.88 Å². The van der Waals surface area contributed by atoms with Crippen molar-refractivity contribution in [1.82, 2.24) is 15.1 Å². The number of carbonyl (C=O) groups is 3. The number of carbonyl (C=O) groups excluding carboxylic acids is 3. The number of hydrogen-bond donors (Lipinski definition) is 1. The van der Waals surface area contributed by atoms with Gasteiger partial charge in [-0.1, -0.05) is 30.3 Å². The van der Waals surface area contributed by atoms with Gasteiger partial charge in [0, 0.05) is 37.6 Å². The molecule has 0 radical (unpaired) electrons. The number of likely N-dealkylation sites (tertiary alicyclic amines) is 1. The lowest BCUT2D eigenvalue weighted by Crippen LogP contribution is -2.52. The minimum Gasteiger partial charge on any atom is -0.408 e. The maximum atomic E-state index is 13.0. The standard InChI is InChI=1S/C29H30N4O4/c1-19-26(33(18-37-19)23-5-3-2-4-6-23)17-31-13-11-20(12-14-31)21-7-8-24-22(15-21)16-32(29(24)36)25-9-10-27(34)30-28(25)35/h2-8,15,18,20,25H,9-14,16-17H2,1H3/p+1. The summed E-state index contributed by atoms with van der Waals surface area (Å²) in [4.78, 5) is 41.0. The van der Waals surface area contributed by atoms with E-state index in [1.807, 2.05) is 31.2 Å². The molecule has 3 aromatic rings. The fraction of sp³-hybridized carbons (Fsp3) is 0.379. The highest BCUT2D eigenvalue weighted by Crippen LogP contribution is 2.34. The Labute approximate surface area is 215 Å². The van der Waals surface area contributed by atoms with E-state index in [2.05, 4.69) is 39.0 Å². The molecule has 0 aliphatic carbocycles. The summed E-state index contributed by atoms with van der Waals surface area (Å²) >= 11 is 0. The van der Waals surface area contributed by atoms with E-state index in [0.29, 0.717) is 24.4 Å². The number of aromatic nitrogens is 1. The van der Waals surface area contributed by atoms with Gasteiger partial charge in [0.2, 0.25) is 23.2 Å². The van der Waals surface area contributed by atoms with Crippen LogP contribution in [0.3, 0.4) is 0 Å². The molecule has 3 aliphatic heterocycles. The van der Waals surface area contributed by atoms with Gasteiger partial charge >= 0.3 is 6.39 Å². The van der Waals surface area contributed by atoms with Crippen LogP contribution in [0.4, 0.5) is 0 Å². The number of rotatable bonds is 5. The van der Waals surface area contributed by atoms with E-state index in [-0.39, 0.29) is 24.1 Å². The van der Waals surface area contributed by atoms with Gasteiger partial charge in [-0.15, -0.1) is 4.57 Å². The van der Waals surface area contributed by atoms with E-state index in [4.69, 9.17) is 4.42 Å². The number of nitrogens with one attached hydrogen (secondary N) is 1. The molecule has 0 saturated carbocycles. The number of imide groups is 1. The molecule has 8 heteroatoms. The van der Waals surface area contributed by atoms with E-state index < -0.39 is 6.04 Å². The summed E-state index contributed by atoms with van der Waals surface area (Å²) in [6.45, 7) is 5.26. The minimum absolute atomic E-state index is 0.118. The molecule has 37 heavy (non-hydrogen) atoms. The third-order valence-corrected chi connectivity index (χ3v) is 8.05. The van der Waals surface area contributed by atoms with Gasteiger partial charge in [-0.25, -0.2) is 0 Å². The van der Waals surface area contributed by atoms with E-state index >= 15 is 0 Å². The molecule has 1 N–H and O–H groups in total. The monoisotopic (exact) mass is 499 g/mol. The molecule has 1 unspecified atom stereocenters. The lowest BCUT2D eigenvalue weighted by molar-refractivity contribution is -0.608. The molecule has 1 atom stereocenters. The zero-order valence-corrected chi connectivity index (χ0v) is 21.0. The van der Waals surface area contributed by atoms with Crippen LogP contribution in [0, 0.1) is 6.92 Å². The molecule has 190 valence electrons. The first-order valence-corrected chi connectivity index (χ1v) is 13.0. The van der Waals surface area contributed by atoms with E-state index in [9.17, 15) is 14.4 Å². The van der Waals surface area contributed by atoms with Crippen LogP contribution in [0.15, 0.2) is 59.3 Å². The van der Waals surface area contributed by atoms with Crippen LogP contribution in [-0.4, -0.2) is 46.7 Å². The molecule has 1 aromatic heterocycles. The van der Waals surface area contributed by atoms with Crippen molar-refractivity contribution in [3.05, 3.63) is 83.1 Å². The maximum absolute atomic E-state index is 13.0. The zero-order chi connectivity index (χ0) is 25.5. The Balaban J connectivity index is 1.11. The first kappa shape index (κ1) is 23.6. The number of oxazole rings is 1. The summed E-state index contributed by atoms with van der Waals surface area (Å²) in [6.07, 6.45) is 4.54. The fourth-order valence-corrected chi connectivity index (χ4v) is 5.91. The van der Waals surface area contributed by atoms with Crippen molar-refractivity contribution in [3.63, 3.8) is 0 Å². The number of piperidine rings is 2. The lowest BCUT2D eigenvalue weighted by Gasteiger charge is -2.31. The third-order valence-electron chi connectivity index (χ3n) is 8.05. The minimum atomic E-state index is -0.575. The molecule has 3 aliphatic rings. The van der Waals surface area contributed by atoms with Gasteiger partial charge in [-0.2, -0.15) is 0 Å². The summed E-state index contributed by atoms with van der Waals surface area (Å²) in [5, 5.41) is 2.37. The molecule has 2 saturated heterocycles. The fourth-order valence-electron chi connectivity index (χ4n) is 5.91. The van der Waals surface area contributed by atoms with Crippen molar-refractivity contribution in [3.8, 4) is 5.69 Å². The highest BCUT2D eigenvalue weighted by atomic mass is 16.3. The summed E-state index contributed by atoms with van der Waals surface area (Å²) in [6, 6.07) is 15.8. The van der Waals surface area contributed by atoms with Crippen molar-refractivity contribution < 1.29 is 23.4 Å². The predicted molar refractivity (Wildman–Crippen MR) is 135 cm³/mol. The Hall–Kier alpha value is -3.78. The number of nitrogens with zero attached hydrogens (tertiary/aromatic N) is 3. The number of benzene rings is 2. The quantitative estimate of drug-likeness (QED) is 0.431. The summed E-state index contributed by atoms with van der Waals surface area (Å²) in [7, 11) is 0. The van der Waals surface area contributed by atoms with Crippen molar-refractivity contribution in [2.75, 3.05) is 13.1 Å². The van der Waals surface area contributed by atoms with Crippen LogP contribution in [0.1, 0.15) is 64.5 Å². The predicted octanol–water partition coefficient (Wildman–Crippen LogP) is 3.01. The Kier molecular flexibility index (Phi) is 6.12. The average Bonchev–Trinajstić information content (AvgIpc) is 3.44. The molecular weight excluding hydrogens is 468 g/mol. The SMILES string of the molecule is Cc1oc[n+](-c2ccccc2)c1CN1CCC(c2ccc3c(c2)CN(C2CCC(=O)NC2=O)C3=O)CC1. The van der Waals surface area contributed by atoms with E-state index in [0.717, 1.165) is 49.5 Å². The summed E-state index contributed by atoms with van der Waals surface area (Å²) in [5.74, 6) is 0.624. The Morgan fingerprint density at radius 3 is 2.57 bits per heavy atom. The van der Waals surface area contributed by atoms with Gasteiger partial charge in [-0.05, 0) is 55.5 Å². The molecule has 0 bridgehead atoms. The zero-order valence-electron chi connectivity index (χ0n) is 21.0. The van der Waals surface area contributed by atoms with Crippen molar-refractivity contribution in [1.29, 1.82) is 0 Å². The van der Waals surface area contributed by atoms with Crippen molar-refractivity contribution in [2.45, 2.75) is 57.7 Å². The van der Waals surface area contributed by atoms with Gasteiger partial charge in [-0.3, -0.25) is 24.6 Å². The molecule has 2 aromatic carbocycles. The van der Waals surface area contributed by atoms with Gasteiger partial charge < -0.3 is 9.32 Å². The first-order chi connectivity index (χ1) is 18.0.